The fourth-order valence-corrected chi connectivity index (χ4v) is 3.89. The molecule has 1 aliphatic rings. The van der Waals surface area contributed by atoms with E-state index in [-0.39, 0.29) is 37.0 Å². The lowest BCUT2D eigenvalue weighted by Gasteiger charge is -2.36. The number of nitrogens with one attached hydrogen (secondary N) is 1. The van der Waals surface area contributed by atoms with Crippen molar-refractivity contribution < 1.29 is 19.1 Å². The van der Waals surface area contributed by atoms with E-state index in [1.165, 1.54) is 0 Å². The van der Waals surface area contributed by atoms with E-state index in [0.29, 0.717) is 36.2 Å². The number of carbonyl (C=O) groups is 3. The molecule has 1 saturated heterocycles. The summed E-state index contributed by atoms with van der Waals surface area (Å²) in [5.74, 6) is -0.300. The number of rotatable bonds is 6. The van der Waals surface area contributed by atoms with Crippen molar-refractivity contribution in [3.8, 4) is 0 Å². The zero-order valence-corrected chi connectivity index (χ0v) is 20.8. The molecule has 1 aromatic carbocycles. The zero-order valence-electron chi connectivity index (χ0n) is 19.3. The normalized spacial score (nSPS) is 15.5. The van der Waals surface area contributed by atoms with Crippen LogP contribution in [0.4, 0.5) is 4.79 Å². The minimum Gasteiger partial charge on any atom is -0.444 e. The summed E-state index contributed by atoms with van der Waals surface area (Å²) in [5.41, 5.74) is 0.218. The van der Waals surface area contributed by atoms with Crippen molar-refractivity contribution in [2.45, 2.75) is 39.3 Å². The van der Waals surface area contributed by atoms with Crippen LogP contribution in [-0.2, 0) is 14.3 Å². The number of carbonyl (C=O) groups excluding carboxylic acids is 3. The Labute approximate surface area is 199 Å². The summed E-state index contributed by atoms with van der Waals surface area (Å²) in [5, 5.41) is 3.90. The molecule has 2 rings (SSSR count). The molecule has 1 fully saturated rings. The first-order chi connectivity index (χ1) is 14.9. The van der Waals surface area contributed by atoms with Crippen LogP contribution in [0.2, 0.25) is 10.0 Å². The predicted octanol–water partition coefficient (Wildman–Crippen LogP) is 3.18. The molecule has 0 unspecified atom stereocenters. The van der Waals surface area contributed by atoms with E-state index in [1.807, 2.05) is 27.7 Å². The van der Waals surface area contributed by atoms with Gasteiger partial charge >= 0.3 is 6.09 Å². The highest BCUT2D eigenvalue weighted by Crippen LogP contribution is 2.26. The van der Waals surface area contributed by atoms with Gasteiger partial charge in [-0.15, -0.1) is 0 Å². The largest absolute Gasteiger partial charge is 0.444 e. The van der Waals surface area contributed by atoms with Gasteiger partial charge in [0, 0.05) is 36.2 Å². The van der Waals surface area contributed by atoms with Gasteiger partial charge < -0.3 is 19.9 Å². The first-order valence-electron chi connectivity index (χ1n) is 10.5. The van der Waals surface area contributed by atoms with Crippen LogP contribution in [0.15, 0.2) is 18.2 Å². The summed E-state index contributed by atoms with van der Waals surface area (Å²) >= 11 is 12.1. The lowest BCUT2D eigenvalue weighted by molar-refractivity contribution is -0.134. The molecule has 1 aromatic rings. The van der Waals surface area contributed by atoms with Crippen molar-refractivity contribution >= 4 is 41.1 Å². The first-order valence-corrected chi connectivity index (χ1v) is 11.3. The zero-order chi connectivity index (χ0) is 24.1. The molecule has 0 aromatic heterocycles. The van der Waals surface area contributed by atoms with Gasteiger partial charge in [0.25, 0.3) is 0 Å². The highest BCUT2D eigenvalue weighted by molar-refractivity contribution is 6.35. The van der Waals surface area contributed by atoms with Gasteiger partial charge in [0.05, 0.1) is 19.1 Å². The first kappa shape index (κ1) is 26.2. The third kappa shape index (κ3) is 8.15. The van der Waals surface area contributed by atoms with E-state index >= 15 is 0 Å². The predicted molar refractivity (Wildman–Crippen MR) is 125 cm³/mol. The van der Waals surface area contributed by atoms with Crippen LogP contribution in [0, 0.1) is 0 Å². The van der Waals surface area contributed by atoms with E-state index in [1.54, 1.807) is 39.9 Å². The fourth-order valence-electron chi connectivity index (χ4n) is 3.31. The molecule has 0 spiro atoms. The average molecular weight is 487 g/mol. The molecule has 3 amide bonds. The Morgan fingerprint density at radius 1 is 1.09 bits per heavy atom. The van der Waals surface area contributed by atoms with Crippen molar-refractivity contribution in [3.05, 3.63) is 33.8 Å². The van der Waals surface area contributed by atoms with E-state index < -0.39 is 5.60 Å². The van der Waals surface area contributed by atoms with Gasteiger partial charge in [-0.25, -0.2) is 4.79 Å². The summed E-state index contributed by atoms with van der Waals surface area (Å²) in [6, 6.07) is 4.84. The number of benzene rings is 1. The number of hydrogen-bond acceptors (Lipinski definition) is 5. The van der Waals surface area contributed by atoms with E-state index in [4.69, 9.17) is 27.9 Å². The van der Waals surface area contributed by atoms with Gasteiger partial charge in [-0.2, -0.15) is 0 Å². The number of piperazine rings is 1. The summed E-state index contributed by atoms with van der Waals surface area (Å²) in [6.45, 7) is 9.19. The molecule has 1 atom stereocenters. The Kier molecular flexibility index (Phi) is 9.18. The SMILES string of the molecule is C[C@@H](NC(=O)CN(C)CC(=O)N1CCN(C(=O)OC(C)(C)C)CC1)c1ccc(Cl)cc1Cl. The van der Waals surface area contributed by atoms with Crippen LogP contribution in [0.3, 0.4) is 0 Å². The summed E-state index contributed by atoms with van der Waals surface area (Å²) in [4.78, 5) is 42.1. The van der Waals surface area contributed by atoms with E-state index in [2.05, 4.69) is 5.32 Å². The van der Waals surface area contributed by atoms with Crippen molar-refractivity contribution in [2.24, 2.45) is 0 Å². The third-order valence-corrected chi connectivity index (χ3v) is 5.47. The van der Waals surface area contributed by atoms with Crippen LogP contribution in [0.5, 0.6) is 0 Å². The lowest BCUT2D eigenvalue weighted by atomic mass is 10.1. The molecule has 0 saturated carbocycles. The van der Waals surface area contributed by atoms with Crippen LogP contribution in [0.25, 0.3) is 0 Å². The molecular weight excluding hydrogens is 455 g/mol. The number of hydrogen-bond donors (Lipinski definition) is 1. The number of ether oxygens (including phenoxy) is 1. The Bertz CT molecular complexity index is 836. The topological polar surface area (TPSA) is 82.2 Å². The number of halogens is 2. The maximum Gasteiger partial charge on any atom is 0.410 e. The molecule has 0 bridgehead atoms. The molecule has 0 radical (unpaired) electrons. The summed E-state index contributed by atoms with van der Waals surface area (Å²) in [6.07, 6.45) is -0.367. The quantitative estimate of drug-likeness (QED) is 0.667. The Morgan fingerprint density at radius 2 is 1.69 bits per heavy atom. The standard InChI is InChI=1S/C22H32Cl2N4O4/c1-15(17-7-6-16(23)12-18(17)24)25-19(29)13-26(5)14-20(30)27-8-10-28(11-9-27)21(31)32-22(2,3)4/h6-7,12,15H,8-11,13-14H2,1-5H3,(H,25,29)/t15-/m1/s1. The molecule has 1 aliphatic heterocycles. The molecule has 1 heterocycles. The lowest BCUT2D eigenvalue weighted by Crippen LogP contribution is -2.53. The van der Waals surface area contributed by atoms with Gasteiger partial charge in [-0.1, -0.05) is 29.3 Å². The monoisotopic (exact) mass is 486 g/mol. The maximum atomic E-state index is 12.6. The van der Waals surface area contributed by atoms with Crippen molar-refractivity contribution in [2.75, 3.05) is 46.3 Å². The molecule has 0 aliphatic carbocycles. The van der Waals surface area contributed by atoms with Crippen LogP contribution >= 0.6 is 23.2 Å². The number of amides is 3. The Balaban J connectivity index is 1.77. The smallest absolute Gasteiger partial charge is 0.410 e. The second-order valence-corrected chi connectivity index (χ2v) is 9.82. The van der Waals surface area contributed by atoms with Gasteiger partial charge in [0.1, 0.15) is 5.60 Å². The van der Waals surface area contributed by atoms with Gasteiger partial charge in [-0.3, -0.25) is 14.5 Å². The van der Waals surface area contributed by atoms with Crippen LogP contribution in [0.1, 0.15) is 39.3 Å². The Morgan fingerprint density at radius 3 is 2.25 bits per heavy atom. The van der Waals surface area contributed by atoms with Gasteiger partial charge in [0.15, 0.2) is 0 Å². The average Bonchev–Trinajstić information content (AvgIpc) is 2.66. The minimum absolute atomic E-state index is 0.0686. The van der Waals surface area contributed by atoms with Crippen molar-refractivity contribution in [1.82, 2.24) is 20.0 Å². The van der Waals surface area contributed by atoms with E-state index in [0.717, 1.165) is 5.56 Å². The second kappa shape index (κ2) is 11.2. The molecular formula is C22H32Cl2N4O4. The minimum atomic E-state index is -0.552. The highest BCUT2D eigenvalue weighted by atomic mass is 35.5. The summed E-state index contributed by atoms with van der Waals surface area (Å²) in [7, 11) is 1.72. The maximum absolute atomic E-state index is 12.6. The number of likely N-dealkylation sites (N-methyl/N-ethyl adjacent to an activating group) is 1. The van der Waals surface area contributed by atoms with Gasteiger partial charge in [-0.05, 0) is 52.4 Å². The molecule has 32 heavy (non-hydrogen) atoms. The molecule has 178 valence electrons. The van der Waals surface area contributed by atoms with Crippen molar-refractivity contribution in [1.29, 1.82) is 0 Å². The highest BCUT2D eigenvalue weighted by Gasteiger charge is 2.28. The number of nitrogens with zero attached hydrogens (tertiary/aromatic N) is 3. The van der Waals surface area contributed by atoms with Crippen molar-refractivity contribution in [3.63, 3.8) is 0 Å². The molecule has 10 heteroatoms. The summed E-state index contributed by atoms with van der Waals surface area (Å²) < 4.78 is 5.37. The Hall–Kier alpha value is -2.03. The van der Waals surface area contributed by atoms with Crippen LogP contribution < -0.4 is 5.32 Å². The molecule has 1 N–H and O–H groups in total. The molecule has 8 nitrogen and oxygen atoms in total. The second-order valence-electron chi connectivity index (χ2n) is 8.98. The fraction of sp³-hybridized carbons (Fsp3) is 0.591. The van der Waals surface area contributed by atoms with Crippen LogP contribution in [-0.4, -0.2) is 84.5 Å². The van der Waals surface area contributed by atoms with E-state index in [9.17, 15) is 14.4 Å². The third-order valence-electron chi connectivity index (χ3n) is 4.91. The van der Waals surface area contributed by atoms with Gasteiger partial charge in [0.2, 0.25) is 11.8 Å².